The highest BCUT2D eigenvalue weighted by Crippen LogP contribution is 2.25. The van der Waals surface area contributed by atoms with Crippen molar-refractivity contribution in [3.8, 4) is 0 Å². The maximum Gasteiger partial charge on any atom is 0.244 e. The Morgan fingerprint density at radius 1 is 1.00 bits per heavy atom. The highest BCUT2D eigenvalue weighted by atomic mass is 35.5. The Morgan fingerprint density at radius 3 is 2.18 bits per heavy atom. The molecule has 7 nitrogen and oxygen atoms in total. The van der Waals surface area contributed by atoms with E-state index in [1.807, 2.05) is 20.8 Å². The minimum atomic E-state index is -3.76. The maximum absolute atomic E-state index is 13.6. The van der Waals surface area contributed by atoms with E-state index in [0.717, 1.165) is 17.0 Å². The zero-order valence-electron chi connectivity index (χ0n) is 19.8. The van der Waals surface area contributed by atoms with Gasteiger partial charge in [0.2, 0.25) is 21.8 Å². The lowest BCUT2D eigenvalue weighted by atomic mass is 10.1. The minimum Gasteiger partial charge on any atom is -0.352 e. The van der Waals surface area contributed by atoms with Gasteiger partial charge in [-0.3, -0.25) is 13.9 Å². The molecule has 1 N–H and O–H groups in total. The van der Waals surface area contributed by atoms with Crippen LogP contribution in [0.15, 0.2) is 48.5 Å². The third-order valence-electron chi connectivity index (χ3n) is 5.45. The topological polar surface area (TPSA) is 86.8 Å². The van der Waals surface area contributed by atoms with Gasteiger partial charge in [-0.25, -0.2) is 8.42 Å². The number of rotatable bonds is 11. The molecule has 10 heteroatoms. The fourth-order valence-corrected chi connectivity index (χ4v) is 4.57. The Balaban J connectivity index is 2.44. The van der Waals surface area contributed by atoms with E-state index in [-0.39, 0.29) is 18.5 Å². The predicted molar refractivity (Wildman–Crippen MR) is 138 cm³/mol. The number of nitrogens with one attached hydrogen (secondary N) is 1. The van der Waals surface area contributed by atoms with E-state index < -0.39 is 28.5 Å². The summed E-state index contributed by atoms with van der Waals surface area (Å²) in [6.45, 7) is 5.26. The summed E-state index contributed by atoms with van der Waals surface area (Å²) >= 11 is 12.2. The predicted octanol–water partition coefficient (Wildman–Crippen LogP) is 4.48. The second-order valence-electron chi connectivity index (χ2n) is 8.12. The Morgan fingerprint density at radius 2 is 1.65 bits per heavy atom. The zero-order valence-corrected chi connectivity index (χ0v) is 22.1. The van der Waals surface area contributed by atoms with E-state index in [9.17, 15) is 18.0 Å². The number of carbonyl (C=O) groups excluding carboxylic acids is 2. The molecule has 34 heavy (non-hydrogen) atoms. The Kier molecular flexibility index (Phi) is 10.2. The summed E-state index contributed by atoms with van der Waals surface area (Å²) in [6.07, 6.45) is 2.13. The van der Waals surface area contributed by atoms with Gasteiger partial charge >= 0.3 is 0 Å². The summed E-state index contributed by atoms with van der Waals surface area (Å²) in [5, 5.41) is 3.62. The molecule has 2 rings (SSSR count). The Bertz CT molecular complexity index is 1100. The van der Waals surface area contributed by atoms with Crippen molar-refractivity contribution in [1.82, 2.24) is 10.2 Å². The largest absolute Gasteiger partial charge is 0.352 e. The number of anilines is 1. The van der Waals surface area contributed by atoms with Gasteiger partial charge < -0.3 is 10.2 Å². The number of amides is 2. The monoisotopic (exact) mass is 527 g/mol. The van der Waals surface area contributed by atoms with Gasteiger partial charge in [-0.15, -0.1) is 0 Å². The lowest BCUT2D eigenvalue weighted by molar-refractivity contribution is -0.140. The summed E-state index contributed by atoms with van der Waals surface area (Å²) < 4.78 is 26.1. The maximum atomic E-state index is 13.6. The molecule has 0 aliphatic carbocycles. The molecular formula is C24H31Cl2N3O4S. The van der Waals surface area contributed by atoms with Crippen molar-refractivity contribution in [2.24, 2.45) is 0 Å². The molecular weight excluding hydrogens is 497 g/mol. The Labute approximate surface area is 212 Å². The summed E-state index contributed by atoms with van der Waals surface area (Å²) in [5.74, 6) is -0.803. The third kappa shape index (κ3) is 7.61. The van der Waals surface area contributed by atoms with Crippen LogP contribution < -0.4 is 9.62 Å². The molecule has 2 amide bonds. The molecule has 186 valence electrons. The molecule has 0 bridgehead atoms. The average Bonchev–Trinajstić information content (AvgIpc) is 2.79. The Hall–Kier alpha value is -2.29. The highest BCUT2D eigenvalue weighted by molar-refractivity contribution is 7.92. The molecule has 0 heterocycles. The fourth-order valence-electron chi connectivity index (χ4n) is 3.40. The van der Waals surface area contributed by atoms with Crippen LogP contribution in [-0.4, -0.2) is 50.0 Å². The van der Waals surface area contributed by atoms with Gasteiger partial charge in [0.25, 0.3) is 0 Å². The lowest BCUT2D eigenvalue weighted by Crippen LogP contribution is -2.53. The van der Waals surface area contributed by atoms with Gasteiger partial charge in [0.1, 0.15) is 12.6 Å². The smallest absolute Gasteiger partial charge is 0.244 e. The van der Waals surface area contributed by atoms with Crippen molar-refractivity contribution in [1.29, 1.82) is 0 Å². The summed E-state index contributed by atoms with van der Waals surface area (Å²) in [7, 11) is -3.76. The van der Waals surface area contributed by atoms with Crippen LogP contribution in [0.2, 0.25) is 10.0 Å². The quantitative estimate of drug-likeness (QED) is 0.466. The summed E-state index contributed by atoms with van der Waals surface area (Å²) in [5.41, 5.74) is 1.04. The molecule has 0 spiro atoms. The van der Waals surface area contributed by atoms with Crippen molar-refractivity contribution in [2.75, 3.05) is 17.1 Å². The molecule has 2 atom stereocenters. The molecule has 2 aromatic carbocycles. The number of benzene rings is 2. The van der Waals surface area contributed by atoms with Gasteiger partial charge in [-0.05, 0) is 49.6 Å². The van der Waals surface area contributed by atoms with Crippen molar-refractivity contribution in [3.63, 3.8) is 0 Å². The molecule has 0 radical (unpaired) electrons. The van der Waals surface area contributed by atoms with Crippen molar-refractivity contribution in [2.45, 2.75) is 52.2 Å². The number of hydrogen-bond acceptors (Lipinski definition) is 4. The van der Waals surface area contributed by atoms with Gasteiger partial charge in [-0.2, -0.15) is 0 Å². The van der Waals surface area contributed by atoms with E-state index in [4.69, 9.17) is 23.2 Å². The molecule has 0 saturated carbocycles. The number of para-hydroxylation sites is 1. The van der Waals surface area contributed by atoms with Crippen LogP contribution in [0.1, 0.15) is 39.2 Å². The molecule has 0 saturated heterocycles. The summed E-state index contributed by atoms with van der Waals surface area (Å²) in [4.78, 5) is 28.0. The second kappa shape index (κ2) is 12.4. The number of halogens is 2. The van der Waals surface area contributed by atoms with Crippen molar-refractivity contribution in [3.05, 3.63) is 64.1 Å². The van der Waals surface area contributed by atoms with Crippen LogP contribution in [0.3, 0.4) is 0 Å². The first-order valence-corrected chi connectivity index (χ1v) is 13.6. The van der Waals surface area contributed by atoms with E-state index in [1.54, 1.807) is 48.5 Å². The van der Waals surface area contributed by atoms with Crippen molar-refractivity contribution < 1.29 is 18.0 Å². The first-order valence-electron chi connectivity index (χ1n) is 11.0. The fraction of sp³-hybridized carbons (Fsp3) is 0.417. The number of sulfonamides is 1. The van der Waals surface area contributed by atoms with Crippen LogP contribution in [0.5, 0.6) is 0 Å². The molecule has 0 unspecified atom stereocenters. The molecule has 0 aliphatic rings. The first kappa shape index (κ1) is 28.0. The van der Waals surface area contributed by atoms with Gasteiger partial charge in [0.15, 0.2) is 0 Å². The van der Waals surface area contributed by atoms with Crippen molar-refractivity contribution >= 4 is 50.7 Å². The molecule has 0 aliphatic heterocycles. The van der Waals surface area contributed by atoms with E-state index in [0.29, 0.717) is 27.7 Å². The van der Waals surface area contributed by atoms with Crippen LogP contribution in [0, 0.1) is 0 Å². The standard InChI is InChI=1S/C24H31Cl2N3O4S/c1-5-17(3)27-24(31)22(6-2)28(15-18-12-13-20(25)21(26)14-18)23(30)16-29(34(4,32)33)19-10-8-7-9-11-19/h7-14,17,22H,5-6,15-16H2,1-4H3,(H,27,31)/t17-,22-/m1/s1. The summed E-state index contributed by atoms with van der Waals surface area (Å²) in [6, 6.07) is 12.5. The number of hydrogen-bond donors (Lipinski definition) is 1. The van der Waals surface area contributed by atoms with Crippen LogP contribution >= 0.6 is 23.2 Å². The first-order chi connectivity index (χ1) is 16.0. The van der Waals surface area contributed by atoms with Gasteiger partial charge in [-0.1, -0.05) is 61.3 Å². The van der Waals surface area contributed by atoms with Gasteiger partial charge in [0.05, 0.1) is 22.0 Å². The highest BCUT2D eigenvalue weighted by Gasteiger charge is 2.32. The van der Waals surface area contributed by atoms with Crippen LogP contribution in [0.25, 0.3) is 0 Å². The zero-order chi connectivity index (χ0) is 25.5. The van der Waals surface area contributed by atoms with Gasteiger partial charge in [0, 0.05) is 12.6 Å². The number of nitrogens with zero attached hydrogens (tertiary/aromatic N) is 2. The van der Waals surface area contributed by atoms with E-state index >= 15 is 0 Å². The van der Waals surface area contributed by atoms with Crippen LogP contribution in [0.4, 0.5) is 5.69 Å². The number of carbonyl (C=O) groups is 2. The second-order valence-corrected chi connectivity index (χ2v) is 10.8. The molecule has 0 aromatic heterocycles. The van der Waals surface area contributed by atoms with Crippen LogP contribution in [-0.2, 0) is 26.2 Å². The van der Waals surface area contributed by atoms with E-state index in [2.05, 4.69) is 5.32 Å². The normalized spacial score (nSPS) is 13.1. The van der Waals surface area contributed by atoms with E-state index in [1.165, 1.54) is 4.90 Å². The SMILES string of the molecule is CC[C@@H](C)NC(=O)[C@@H](CC)N(Cc1ccc(Cl)c(Cl)c1)C(=O)CN(c1ccccc1)S(C)(=O)=O. The molecule has 0 fully saturated rings. The lowest BCUT2D eigenvalue weighted by Gasteiger charge is -2.33. The average molecular weight is 529 g/mol. The third-order valence-corrected chi connectivity index (χ3v) is 7.33. The minimum absolute atomic E-state index is 0.0640. The molecule has 2 aromatic rings.